The van der Waals surface area contributed by atoms with E-state index in [4.69, 9.17) is 4.74 Å². The summed E-state index contributed by atoms with van der Waals surface area (Å²) in [6.07, 6.45) is 4.04. The van der Waals surface area contributed by atoms with Gasteiger partial charge in [-0.15, -0.1) is 5.10 Å². The second-order valence-corrected chi connectivity index (χ2v) is 6.72. The number of ether oxygens (including phenoxy) is 1. The summed E-state index contributed by atoms with van der Waals surface area (Å²) in [7, 11) is 0. The summed E-state index contributed by atoms with van der Waals surface area (Å²) >= 11 is 0. The molecule has 1 amide bonds. The molecule has 1 aromatic rings. The van der Waals surface area contributed by atoms with E-state index in [2.05, 4.69) is 15.5 Å². The van der Waals surface area contributed by atoms with Gasteiger partial charge in [-0.05, 0) is 57.6 Å². The number of carbonyl (C=O) groups excluding carboxylic acids is 1. The quantitative estimate of drug-likeness (QED) is 0.869. The van der Waals surface area contributed by atoms with Crippen LogP contribution in [0.15, 0.2) is 12.1 Å². The number of nitrogens with zero attached hydrogens (tertiary/aromatic N) is 3. The van der Waals surface area contributed by atoms with Crippen LogP contribution >= 0.6 is 0 Å². The summed E-state index contributed by atoms with van der Waals surface area (Å²) in [5, 5.41) is 11.6. The van der Waals surface area contributed by atoms with Crippen molar-refractivity contribution in [2.75, 3.05) is 25.0 Å². The molecule has 0 radical (unpaired) electrons. The predicted molar refractivity (Wildman–Crippen MR) is 88.1 cm³/mol. The SMILES string of the molecule is Cc1ccc(NC2CCN(C(=O)[C@H](C)OCC3CC3)CC2)nn1. The Bertz CT molecular complexity index is 522. The lowest BCUT2D eigenvalue weighted by Crippen LogP contribution is -2.46. The van der Waals surface area contributed by atoms with Gasteiger partial charge in [-0.1, -0.05) is 0 Å². The maximum absolute atomic E-state index is 12.4. The van der Waals surface area contributed by atoms with Gasteiger partial charge in [0.05, 0.1) is 12.3 Å². The predicted octanol–water partition coefficient (Wildman–Crippen LogP) is 2.00. The third-order valence-electron chi connectivity index (χ3n) is 4.58. The monoisotopic (exact) mass is 318 g/mol. The van der Waals surface area contributed by atoms with Crippen LogP contribution < -0.4 is 5.32 Å². The largest absolute Gasteiger partial charge is 0.368 e. The van der Waals surface area contributed by atoms with Gasteiger partial charge >= 0.3 is 0 Å². The smallest absolute Gasteiger partial charge is 0.251 e. The topological polar surface area (TPSA) is 67.4 Å². The van der Waals surface area contributed by atoms with Crippen LogP contribution in [0.4, 0.5) is 5.82 Å². The second kappa shape index (κ2) is 7.25. The van der Waals surface area contributed by atoms with Gasteiger partial charge in [0.1, 0.15) is 11.9 Å². The lowest BCUT2D eigenvalue weighted by Gasteiger charge is -2.34. The highest BCUT2D eigenvalue weighted by Gasteiger charge is 2.28. The van der Waals surface area contributed by atoms with Crippen molar-refractivity contribution in [2.45, 2.75) is 51.7 Å². The van der Waals surface area contributed by atoms with Crippen LogP contribution in [0, 0.1) is 12.8 Å². The highest BCUT2D eigenvalue weighted by Crippen LogP contribution is 2.29. The molecule has 1 aliphatic heterocycles. The number of aryl methyl sites for hydroxylation is 1. The van der Waals surface area contributed by atoms with Crippen LogP contribution in [-0.4, -0.2) is 52.8 Å². The Morgan fingerprint density at radius 3 is 2.65 bits per heavy atom. The molecule has 23 heavy (non-hydrogen) atoms. The van der Waals surface area contributed by atoms with Crippen LogP contribution in [0.5, 0.6) is 0 Å². The summed E-state index contributed by atoms with van der Waals surface area (Å²) < 4.78 is 5.69. The second-order valence-electron chi connectivity index (χ2n) is 6.72. The van der Waals surface area contributed by atoms with Gasteiger partial charge in [0, 0.05) is 19.1 Å². The Morgan fingerprint density at radius 1 is 1.30 bits per heavy atom. The fraction of sp³-hybridized carbons (Fsp3) is 0.706. The van der Waals surface area contributed by atoms with E-state index in [1.807, 2.05) is 30.9 Å². The molecular weight excluding hydrogens is 292 g/mol. The van der Waals surface area contributed by atoms with E-state index < -0.39 is 0 Å². The molecule has 2 fully saturated rings. The molecule has 126 valence electrons. The first-order chi connectivity index (χ1) is 11.1. The molecule has 6 nitrogen and oxygen atoms in total. The van der Waals surface area contributed by atoms with Gasteiger partial charge < -0.3 is 15.0 Å². The lowest BCUT2D eigenvalue weighted by atomic mass is 10.0. The number of carbonyl (C=O) groups is 1. The highest BCUT2D eigenvalue weighted by molar-refractivity contribution is 5.80. The lowest BCUT2D eigenvalue weighted by molar-refractivity contribution is -0.143. The first-order valence-electron chi connectivity index (χ1n) is 8.59. The molecule has 6 heteroatoms. The van der Waals surface area contributed by atoms with Crippen LogP contribution in [0.25, 0.3) is 0 Å². The fourth-order valence-corrected chi connectivity index (χ4v) is 2.82. The van der Waals surface area contributed by atoms with E-state index in [0.29, 0.717) is 12.0 Å². The zero-order valence-electron chi connectivity index (χ0n) is 14.0. The molecule has 0 unspecified atom stereocenters. The van der Waals surface area contributed by atoms with Crippen molar-refractivity contribution in [2.24, 2.45) is 5.92 Å². The molecule has 1 aliphatic carbocycles. The summed E-state index contributed by atoms with van der Waals surface area (Å²) in [6, 6.07) is 4.25. The average molecular weight is 318 g/mol. The first-order valence-corrected chi connectivity index (χ1v) is 8.59. The highest BCUT2D eigenvalue weighted by atomic mass is 16.5. The van der Waals surface area contributed by atoms with Gasteiger partial charge in [0.2, 0.25) is 0 Å². The molecule has 1 N–H and O–H groups in total. The summed E-state index contributed by atoms with van der Waals surface area (Å²) in [5.41, 5.74) is 0.913. The number of hydrogen-bond donors (Lipinski definition) is 1. The number of piperidine rings is 1. The van der Waals surface area contributed by atoms with Gasteiger partial charge in [-0.25, -0.2) is 0 Å². The fourth-order valence-electron chi connectivity index (χ4n) is 2.82. The number of aromatic nitrogens is 2. The van der Waals surface area contributed by atoms with E-state index in [-0.39, 0.29) is 12.0 Å². The maximum atomic E-state index is 12.4. The molecule has 1 saturated carbocycles. The molecule has 3 rings (SSSR count). The Kier molecular flexibility index (Phi) is 5.10. The van der Waals surface area contributed by atoms with E-state index in [1.165, 1.54) is 12.8 Å². The van der Waals surface area contributed by atoms with Crippen molar-refractivity contribution < 1.29 is 9.53 Å². The minimum absolute atomic E-state index is 0.124. The zero-order valence-corrected chi connectivity index (χ0v) is 14.0. The number of amides is 1. The van der Waals surface area contributed by atoms with Crippen molar-refractivity contribution in [3.63, 3.8) is 0 Å². The zero-order chi connectivity index (χ0) is 16.2. The number of anilines is 1. The van der Waals surface area contributed by atoms with E-state index in [9.17, 15) is 4.79 Å². The van der Waals surface area contributed by atoms with E-state index in [0.717, 1.165) is 44.0 Å². The molecule has 0 aromatic carbocycles. The molecule has 2 heterocycles. The van der Waals surface area contributed by atoms with Crippen molar-refractivity contribution in [3.8, 4) is 0 Å². The van der Waals surface area contributed by atoms with Crippen LogP contribution in [0.3, 0.4) is 0 Å². The van der Waals surface area contributed by atoms with Crippen molar-refractivity contribution in [3.05, 3.63) is 17.8 Å². The average Bonchev–Trinajstić information content (AvgIpc) is 3.39. The third kappa shape index (κ3) is 4.64. The van der Waals surface area contributed by atoms with Gasteiger partial charge in [0.15, 0.2) is 0 Å². The normalized spacial score (nSPS) is 20.3. The molecule has 2 aliphatic rings. The maximum Gasteiger partial charge on any atom is 0.251 e. The van der Waals surface area contributed by atoms with E-state index >= 15 is 0 Å². The summed E-state index contributed by atoms with van der Waals surface area (Å²) in [6.45, 7) is 6.07. The van der Waals surface area contributed by atoms with Gasteiger partial charge in [-0.2, -0.15) is 5.10 Å². The van der Waals surface area contributed by atoms with Crippen LogP contribution in [-0.2, 0) is 9.53 Å². The molecule has 1 aromatic heterocycles. The van der Waals surface area contributed by atoms with E-state index in [1.54, 1.807) is 0 Å². The van der Waals surface area contributed by atoms with Crippen molar-refractivity contribution in [1.82, 2.24) is 15.1 Å². The van der Waals surface area contributed by atoms with Crippen LogP contribution in [0.2, 0.25) is 0 Å². The molecule has 0 spiro atoms. The number of nitrogens with one attached hydrogen (secondary N) is 1. The first kappa shape index (κ1) is 16.2. The molecule has 1 saturated heterocycles. The minimum Gasteiger partial charge on any atom is -0.368 e. The standard InChI is InChI=1S/C17H26N4O2/c1-12-3-6-16(20-19-12)18-15-7-9-21(10-8-15)17(22)13(2)23-11-14-4-5-14/h3,6,13-15H,4-5,7-11H2,1-2H3,(H,18,20)/t13-/m0/s1. The Morgan fingerprint density at radius 2 is 2.04 bits per heavy atom. The van der Waals surface area contributed by atoms with Crippen molar-refractivity contribution in [1.29, 1.82) is 0 Å². The molecule has 0 bridgehead atoms. The summed E-state index contributed by atoms with van der Waals surface area (Å²) in [4.78, 5) is 14.3. The molecule has 1 atom stereocenters. The van der Waals surface area contributed by atoms with Crippen LogP contribution in [0.1, 0.15) is 38.3 Å². The number of hydrogen-bond acceptors (Lipinski definition) is 5. The minimum atomic E-state index is -0.317. The van der Waals surface area contributed by atoms with Gasteiger partial charge in [0.25, 0.3) is 5.91 Å². The Labute approximate surface area is 137 Å². The summed E-state index contributed by atoms with van der Waals surface area (Å²) in [5.74, 6) is 1.62. The molecular formula is C17H26N4O2. The Hall–Kier alpha value is -1.69. The number of rotatable bonds is 6. The number of likely N-dealkylation sites (tertiary alicyclic amines) is 1. The van der Waals surface area contributed by atoms with Gasteiger partial charge in [-0.3, -0.25) is 4.79 Å². The van der Waals surface area contributed by atoms with Crippen molar-refractivity contribution >= 4 is 11.7 Å². The Balaban J connectivity index is 1.42. The third-order valence-corrected chi connectivity index (χ3v) is 4.58.